The first kappa shape index (κ1) is 11.3. The van der Waals surface area contributed by atoms with Gasteiger partial charge in [-0.2, -0.15) is 0 Å². The van der Waals surface area contributed by atoms with Gasteiger partial charge in [0.05, 0.1) is 9.35 Å². The highest BCUT2D eigenvalue weighted by molar-refractivity contribution is 9.10. The highest BCUT2D eigenvalue weighted by Gasteiger charge is 2.11. The number of nitrogens with zero attached hydrogens (tertiary/aromatic N) is 2. The number of hydrogen-bond acceptors (Lipinski definition) is 3. The Labute approximate surface area is 109 Å². The molecule has 2 rings (SSSR count). The number of hydrogen-bond donors (Lipinski definition) is 0. The van der Waals surface area contributed by atoms with Crippen molar-refractivity contribution in [2.75, 3.05) is 0 Å². The summed E-state index contributed by atoms with van der Waals surface area (Å²) in [5.74, 6) is 0.561. The van der Waals surface area contributed by atoms with Gasteiger partial charge in [0.15, 0.2) is 5.82 Å². The number of aryl methyl sites for hydroxylation is 1. The number of thiophene rings is 1. The maximum absolute atomic E-state index is 5.90. The maximum Gasteiger partial charge on any atom is 0.172 e. The lowest BCUT2D eigenvalue weighted by Crippen LogP contribution is -1.89. The van der Waals surface area contributed by atoms with Gasteiger partial charge in [0.2, 0.25) is 0 Å². The molecule has 0 amide bonds. The Kier molecular flexibility index (Phi) is 3.30. The molecule has 78 valence electrons. The summed E-state index contributed by atoms with van der Waals surface area (Å²) in [7, 11) is 0. The summed E-state index contributed by atoms with van der Waals surface area (Å²) in [6.45, 7) is 2.02. The molecular weight excluding hydrogens is 319 g/mol. The monoisotopic (exact) mass is 322 g/mol. The van der Waals surface area contributed by atoms with E-state index in [1.54, 1.807) is 11.3 Å². The first-order valence-electron chi connectivity index (χ1n) is 4.03. The molecule has 0 atom stereocenters. The van der Waals surface area contributed by atoms with E-state index in [2.05, 4.69) is 25.9 Å². The van der Waals surface area contributed by atoms with Crippen LogP contribution in [-0.2, 0) is 0 Å². The van der Waals surface area contributed by atoms with E-state index < -0.39 is 0 Å². The third kappa shape index (κ3) is 2.33. The van der Waals surface area contributed by atoms with Crippen molar-refractivity contribution in [1.29, 1.82) is 0 Å². The van der Waals surface area contributed by atoms with Gasteiger partial charge in [-0.15, -0.1) is 11.3 Å². The minimum absolute atomic E-state index is 0.330. The minimum Gasteiger partial charge on any atom is -0.214 e. The van der Waals surface area contributed by atoms with Crippen LogP contribution in [0.15, 0.2) is 16.6 Å². The number of rotatable bonds is 1. The molecule has 0 N–H and O–H groups in total. The standard InChI is InChI=1S/C9H5BrCl2N2S/c1-4-2-3-5(15-4)9-13-7(11)6(10)8(12)14-9/h2-3H,1H3. The Hall–Kier alpha value is -0.160. The third-order valence-electron chi connectivity index (χ3n) is 1.73. The normalized spacial score (nSPS) is 10.7. The van der Waals surface area contributed by atoms with Crippen LogP contribution in [0, 0.1) is 6.92 Å². The SMILES string of the molecule is Cc1ccc(-c2nc(Cl)c(Br)c(Cl)n2)s1. The molecule has 2 aromatic rings. The van der Waals surface area contributed by atoms with Crippen molar-refractivity contribution in [2.45, 2.75) is 6.92 Å². The molecule has 2 aromatic heterocycles. The molecule has 0 spiro atoms. The quantitative estimate of drug-likeness (QED) is 0.718. The lowest BCUT2D eigenvalue weighted by molar-refractivity contribution is 1.17. The summed E-state index contributed by atoms with van der Waals surface area (Å²) >= 11 is 16.6. The Morgan fingerprint density at radius 3 is 2.27 bits per heavy atom. The largest absolute Gasteiger partial charge is 0.214 e. The van der Waals surface area contributed by atoms with Gasteiger partial charge in [0, 0.05) is 4.88 Å². The first-order chi connectivity index (χ1) is 7.08. The van der Waals surface area contributed by atoms with E-state index in [1.165, 1.54) is 4.88 Å². The zero-order chi connectivity index (χ0) is 11.0. The van der Waals surface area contributed by atoms with E-state index in [1.807, 2.05) is 19.1 Å². The van der Waals surface area contributed by atoms with Gasteiger partial charge in [-0.25, -0.2) is 9.97 Å². The molecule has 15 heavy (non-hydrogen) atoms. The van der Waals surface area contributed by atoms with E-state index in [-0.39, 0.29) is 0 Å². The summed E-state index contributed by atoms with van der Waals surface area (Å²) in [6, 6.07) is 3.96. The van der Waals surface area contributed by atoms with Crippen LogP contribution in [0.3, 0.4) is 0 Å². The highest BCUT2D eigenvalue weighted by atomic mass is 79.9. The summed E-state index contributed by atoms with van der Waals surface area (Å²) < 4.78 is 0.530. The molecule has 0 aliphatic carbocycles. The fourth-order valence-corrected chi connectivity index (χ4v) is 2.43. The van der Waals surface area contributed by atoms with Crippen molar-refractivity contribution in [3.8, 4) is 10.7 Å². The molecule has 6 heteroatoms. The number of halogens is 3. The second-order valence-corrected chi connectivity index (χ2v) is 5.65. The van der Waals surface area contributed by atoms with Gasteiger partial charge in [-0.3, -0.25) is 0 Å². The molecule has 2 nitrogen and oxygen atoms in total. The lowest BCUT2D eigenvalue weighted by atomic mass is 10.4. The fourth-order valence-electron chi connectivity index (χ4n) is 1.06. The van der Waals surface area contributed by atoms with Gasteiger partial charge >= 0.3 is 0 Å². The van der Waals surface area contributed by atoms with E-state index >= 15 is 0 Å². The van der Waals surface area contributed by atoms with Crippen LogP contribution in [0.1, 0.15) is 4.88 Å². The minimum atomic E-state index is 0.330. The third-order valence-corrected chi connectivity index (χ3v) is 4.48. The zero-order valence-electron chi connectivity index (χ0n) is 7.59. The van der Waals surface area contributed by atoms with Gasteiger partial charge < -0.3 is 0 Å². The predicted molar refractivity (Wildman–Crippen MR) is 67.8 cm³/mol. The van der Waals surface area contributed by atoms with E-state index in [0.717, 1.165) is 4.88 Å². The summed E-state index contributed by atoms with van der Waals surface area (Å²) in [4.78, 5) is 10.5. The Morgan fingerprint density at radius 1 is 1.20 bits per heavy atom. The van der Waals surface area contributed by atoms with Crippen LogP contribution >= 0.6 is 50.5 Å². The highest BCUT2D eigenvalue weighted by Crippen LogP contribution is 2.32. The molecule has 0 saturated heterocycles. The van der Waals surface area contributed by atoms with Crippen molar-refractivity contribution < 1.29 is 0 Å². The second kappa shape index (κ2) is 4.37. The average molecular weight is 324 g/mol. The Morgan fingerprint density at radius 2 is 1.80 bits per heavy atom. The molecule has 0 unspecified atom stereocenters. The van der Waals surface area contributed by atoms with Crippen molar-refractivity contribution in [2.24, 2.45) is 0 Å². The van der Waals surface area contributed by atoms with Crippen molar-refractivity contribution in [3.05, 3.63) is 31.8 Å². The van der Waals surface area contributed by atoms with E-state index in [9.17, 15) is 0 Å². The predicted octanol–water partition coefficient (Wildman–Crippen LogP) is 4.58. The van der Waals surface area contributed by atoms with Crippen molar-refractivity contribution in [3.63, 3.8) is 0 Å². The molecule has 2 heterocycles. The smallest absolute Gasteiger partial charge is 0.172 e. The van der Waals surface area contributed by atoms with Crippen LogP contribution < -0.4 is 0 Å². The zero-order valence-corrected chi connectivity index (χ0v) is 11.5. The molecular formula is C9H5BrCl2N2S. The van der Waals surface area contributed by atoms with Gasteiger partial charge in [0.1, 0.15) is 10.3 Å². The summed E-state index contributed by atoms with van der Waals surface area (Å²) in [5.41, 5.74) is 0. The van der Waals surface area contributed by atoms with Gasteiger partial charge in [0.25, 0.3) is 0 Å². The molecule has 0 radical (unpaired) electrons. The molecule has 0 saturated carbocycles. The Bertz CT molecular complexity index is 490. The summed E-state index contributed by atoms with van der Waals surface area (Å²) in [6.07, 6.45) is 0. The summed E-state index contributed by atoms with van der Waals surface area (Å²) in [5, 5.41) is 0.659. The topological polar surface area (TPSA) is 25.8 Å². The van der Waals surface area contributed by atoms with Crippen LogP contribution in [0.25, 0.3) is 10.7 Å². The van der Waals surface area contributed by atoms with Gasteiger partial charge in [-0.1, -0.05) is 23.2 Å². The lowest BCUT2D eigenvalue weighted by Gasteiger charge is -2.01. The Balaban J connectivity index is 2.55. The molecule has 0 aliphatic rings. The first-order valence-corrected chi connectivity index (χ1v) is 6.40. The van der Waals surface area contributed by atoms with Crippen LogP contribution in [0.2, 0.25) is 10.3 Å². The average Bonchev–Trinajstić information content (AvgIpc) is 2.60. The molecule has 0 fully saturated rings. The molecule has 0 bridgehead atoms. The van der Waals surface area contributed by atoms with Crippen molar-refractivity contribution >= 4 is 50.5 Å². The fraction of sp³-hybridized carbons (Fsp3) is 0.111. The van der Waals surface area contributed by atoms with Crippen molar-refractivity contribution in [1.82, 2.24) is 9.97 Å². The maximum atomic E-state index is 5.90. The number of aromatic nitrogens is 2. The van der Waals surface area contributed by atoms with E-state index in [4.69, 9.17) is 23.2 Å². The van der Waals surface area contributed by atoms with E-state index in [0.29, 0.717) is 20.6 Å². The molecule has 0 aromatic carbocycles. The second-order valence-electron chi connectivity index (χ2n) is 2.85. The van der Waals surface area contributed by atoms with Crippen LogP contribution in [0.5, 0.6) is 0 Å². The molecule has 0 aliphatic heterocycles. The van der Waals surface area contributed by atoms with Crippen LogP contribution in [-0.4, -0.2) is 9.97 Å². The van der Waals surface area contributed by atoms with Gasteiger partial charge in [-0.05, 0) is 35.0 Å². The van der Waals surface area contributed by atoms with Crippen LogP contribution in [0.4, 0.5) is 0 Å².